The SMILES string of the molecule is COC(=O)CCC(=O)N[C@@H](Cc1ccc(C(=O)OC(C)(C)C)cc1)C(=O)OC. The summed E-state index contributed by atoms with van der Waals surface area (Å²) in [6.07, 6.45) is -0.0101. The van der Waals surface area contributed by atoms with Gasteiger partial charge in [0.05, 0.1) is 26.2 Å². The fourth-order valence-corrected chi connectivity index (χ4v) is 2.27. The van der Waals surface area contributed by atoms with Crippen molar-refractivity contribution in [3.63, 3.8) is 0 Å². The second-order valence-corrected chi connectivity index (χ2v) is 7.12. The summed E-state index contributed by atoms with van der Waals surface area (Å²) in [5.41, 5.74) is 0.506. The van der Waals surface area contributed by atoms with Gasteiger partial charge in [0.25, 0.3) is 0 Å². The van der Waals surface area contributed by atoms with E-state index in [9.17, 15) is 19.2 Å². The highest BCUT2D eigenvalue weighted by atomic mass is 16.6. The molecule has 0 radical (unpaired) electrons. The number of hydrogen-bond acceptors (Lipinski definition) is 7. The van der Waals surface area contributed by atoms with Crippen molar-refractivity contribution >= 4 is 23.8 Å². The molecule has 0 saturated carbocycles. The van der Waals surface area contributed by atoms with E-state index in [4.69, 9.17) is 9.47 Å². The Morgan fingerprint density at radius 1 is 0.964 bits per heavy atom. The summed E-state index contributed by atoms with van der Waals surface area (Å²) in [6.45, 7) is 5.34. The topological polar surface area (TPSA) is 108 Å². The van der Waals surface area contributed by atoms with Gasteiger partial charge in [-0.3, -0.25) is 9.59 Å². The molecule has 0 saturated heterocycles. The van der Waals surface area contributed by atoms with Gasteiger partial charge in [0, 0.05) is 12.8 Å². The lowest BCUT2D eigenvalue weighted by Crippen LogP contribution is -2.43. The number of methoxy groups -OCH3 is 2. The number of nitrogens with one attached hydrogen (secondary N) is 1. The highest BCUT2D eigenvalue weighted by Crippen LogP contribution is 2.14. The molecule has 1 aromatic carbocycles. The van der Waals surface area contributed by atoms with Crippen molar-refractivity contribution in [2.45, 2.75) is 51.7 Å². The molecule has 8 heteroatoms. The first kappa shape index (κ1) is 23.1. The third-order valence-corrected chi connectivity index (χ3v) is 3.63. The first-order valence-electron chi connectivity index (χ1n) is 8.82. The number of amides is 1. The molecule has 0 fully saturated rings. The van der Waals surface area contributed by atoms with Gasteiger partial charge in [-0.2, -0.15) is 0 Å². The summed E-state index contributed by atoms with van der Waals surface area (Å²) < 4.78 is 14.5. The van der Waals surface area contributed by atoms with Crippen molar-refractivity contribution < 1.29 is 33.4 Å². The average Bonchev–Trinajstić information content (AvgIpc) is 2.64. The monoisotopic (exact) mass is 393 g/mol. The van der Waals surface area contributed by atoms with Gasteiger partial charge in [0.15, 0.2) is 0 Å². The largest absolute Gasteiger partial charge is 0.469 e. The zero-order valence-corrected chi connectivity index (χ0v) is 16.9. The minimum absolute atomic E-state index is 0.0825. The van der Waals surface area contributed by atoms with Crippen molar-refractivity contribution in [2.75, 3.05) is 14.2 Å². The van der Waals surface area contributed by atoms with Crippen LogP contribution in [0.4, 0.5) is 0 Å². The lowest BCUT2D eigenvalue weighted by Gasteiger charge is -2.19. The van der Waals surface area contributed by atoms with Gasteiger partial charge in [0.1, 0.15) is 11.6 Å². The average molecular weight is 393 g/mol. The number of carbonyl (C=O) groups excluding carboxylic acids is 4. The molecule has 8 nitrogen and oxygen atoms in total. The van der Waals surface area contributed by atoms with Crippen LogP contribution in [-0.4, -0.2) is 49.7 Å². The second kappa shape index (κ2) is 10.4. The smallest absolute Gasteiger partial charge is 0.338 e. The lowest BCUT2D eigenvalue weighted by molar-refractivity contribution is -0.145. The van der Waals surface area contributed by atoms with Crippen LogP contribution < -0.4 is 5.32 Å². The van der Waals surface area contributed by atoms with Crippen LogP contribution in [0.1, 0.15) is 49.5 Å². The minimum Gasteiger partial charge on any atom is -0.469 e. The van der Waals surface area contributed by atoms with Gasteiger partial charge in [-0.15, -0.1) is 0 Å². The predicted octanol–water partition coefficient (Wildman–Crippen LogP) is 1.80. The number of esters is 3. The van der Waals surface area contributed by atoms with E-state index < -0.39 is 35.5 Å². The Hall–Kier alpha value is -2.90. The molecule has 1 atom stereocenters. The minimum atomic E-state index is -0.914. The molecule has 0 aliphatic rings. The Morgan fingerprint density at radius 2 is 1.57 bits per heavy atom. The van der Waals surface area contributed by atoms with E-state index >= 15 is 0 Å². The molecule has 0 heterocycles. The third kappa shape index (κ3) is 8.20. The zero-order valence-electron chi connectivity index (χ0n) is 16.9. The predicted molar refractivity (Wildman–Crippen MR) is 101 cm³/mol. The van der Waals surface area contributed by atoms with Gasteiger partial charge >= 0.3 is 17.9 Å². The normalized spacial score (nSPS) is 11.9. The summed E-state index contributed by atoms with van der Waals surface area (Å²) >= 11 is 0. The van der Waals surface area contributed by atoms with Crippen LogP contribution in [0.3, 0.4) is 0 Å². The Labute approximate surface area is 164 Å². The molecule has 0 aliphatic carbocycles. The quantitative estimate of drug-likeness (QED) is 0.530. The molecule has 1 N–H and O–H groups in total. The molecule has 0 aliphatic heterocycles. The van der Waals surface area contributed by atoms with Gasteiger partial charge in [-0.1, -0.05) is 12.1 Å². The number of ether oxygens (including phenoxy) is 3. The zero-order chi connectivity index (χ0) is 21.3. The van der Waals surface area contributed by atoms with E-state index in [0.29, 0.717) is 5.56 Å². The van der Waals surface area contributed by atoms with Crippen molar-refractivity contribution in [3.05, 3.63) is 35.4 Å². The van der Waals surface area contributed by atoms with Crippen LogP contribution >= 0.6 is 0 Å². The summed E-state index contributed by atoms with van der Waals surface area (Å²) in [6, 6.07) is 5.63. The maximum absolute atomic E-state index is 12.1. The molecule has 154 valence electrons. The van der Waals surface area contributed by atoms with E-state index in [0.717, 1.165) is 5.56 Å². The van der Waals surface area contributed by atoms with E-state index in [1.165, 1.54) is 14.2 Å². The van der Waals surface area contributed by atoms with E-state index in [1.54, 1.807) is 45.0 Å². The highest BCUT2D eigenvalue weighted by Gasteiger charge is 2.23. The maximum Gasteiger partial charge on any atom is 0.338 e. The Morgan fingerprint density at radius 3 is 2.07 bits per heavy atom. The highest BCUT2D eigenvalue weighted by molar-refractivity contribution is 5.90. The molecule has 1 aromatic rings. The lowest BCUT2D eigenvalue weighted by atomic mass is 10.0. The molecule has 0 spiro atoms. The molecule has 1 rings (SSSR count). The van der Waals surface area contributed by atoms with Crippen molar-refractivity contribution in [3.8, 4) is 0 Å². The number of hydrogen-bond donors (Lipinski definition) is 1. The van der Waals surface area contributed by atoms with Crippen molar-refractivity contribution in [1.82, 2.24) is 5.32 Å². The van der Waals surface area contributed by atoms with Crippen LogP contribution in [-0.2, 0) is 35.0 Å². The summed E-state index contributed by atoms with van der Waals surface area (Å²) in [5.74, 6) is -2.03. The summed E-state index contributed by atoms with van der Waals surface area (Å²) in [5, 5.41) is 2.55. The first-order valence-corrected chi connectivity index (χ1v) is 8.82. The summed E-state index contributed by atoms with van der Waals surface area (Å²) in [7, 11) is 2.46. The molecule has 0 unspecified atom stereocenters. The fourth-order valence-electron chi connectivity index (χ4n) is 2.27. The molecule has 1 amide bonds. The van der Waals surface area contributed by atoms with Crippen LogP contribution in [0, 0.1) is 0 Å². The second-order valence-electron chi connectivity index (χ2n) is 7.12. The molecule has 0 aromatic heterocycles. The molecule has 0 bridgehead atoms. The summed E-state index contributed by atoms with van der Waals surface area (Å²) in [4.78, 5) is 47.1. The van der Waals surface area contributed by atoms with Crippen LogP contribution in [0.15, 0.2) is 24.3 Å². The van der Waals surface area contributed by atoms with Crippen LogP contribution in [0.25, 0.3) is 0 Å². The van der Waals surface area contributed by atoms with Crippen LogP contribution in [0.5, 0.6) is 0 Å². The Kier molecular flexibility index (Phi) is 8.63. The number of benzene rings is 1. The number of rotatable bonds is 8. The van der Waals surface area contributed by atoms with Gasteiger partial charge in [0.2, 0.25) is 5.91 Å². The van der Waals surface area contributed by atoms with Crippen LogP contribution in [0.2, 0.25) is 0 Å². The maximum atomic E-state index is 12.1. The molecule has 28 heavy (non-hydrogen) atoms. The number of carbonyl (C=O) groups is 4. The fraction of sp³-hybridized carbons (Fsp3) is 0.500. The van der Waals surface area contributed by atoms with Gasteiger partial charge in [-0.25, -0.2) is 9.59 Å². The molecular formula is C20H27NO7. The van der Waals surface area contributed by atoms with E-state index in [2.05, 4.69) is 10.1 Å². The molecular weight excluding hydrogens is 366 g/mol. The van der Waals surface area contributed by atoms with Crippen molar-refractivity contribution in [1.29, 1.82) is 0 Å². The van der Waals surface area contributed by atoms with Gasteiger partial charge < -0.3 is 19.5 Å². The van der Waals surface area contributed by atoms with E-state index in [-0.39, 0.29) is 19.3 Å². The van der Waals surface area contributed by atoms with Gasteiger partial charge in [-0.05, 0) is 38.5 Å². The van der Waals surface area contributed by atoms with E-state index in [1.807, 2.05) is 0 Å². The Bertz CT molecular complexity index is 704. The standard InChI is InChI=1S/C20H27NO7/c1-20(2,3)28-18(24)14-8-6-13(7-9-14)12-15(19(25)27-5)21-16(22)10-11-17(23)26-4/h6-9,15H,10-12H2,1-5H3,(H,21,22)/t15-/m0/s1. The third-order valence-electron chi connectivity index (χ3n) is 3.63. The first-order chi connectivity index (χ1) is 13.1. The van der Waals surface area contributed by atoms with Crippen molar-refractivity contribution in [2.24, 2.45) is 0 Å². The Balaban J connectivity index is 2.76.